The number of nitrogens with zero attached hydrogens (tertiary/aromatic N) is 4. The zero-order valence-corrected chi connectivity index (χ0v) is 22.6. The molecule has 0 saturated heterocycles. The maximum Gasteiger partial charge on any atom is 0.251 e. The van der Waals surface area contributed by atoms with E-state index in [-0.39, 0.29) is 24.1 Å². The fourth-order valence-electron chi connectivity index (χ4n) is 4.59. The molecule has 10 heteroatoms. The lowest BCUT2D eigenvalue weighted by molar-refractivity contribution is -0.116. The standard InChI is InChI=1S/C29H29N5O4S/c1-37-22-12-7-10-21(17-22)28(36)30-18-26-31-32-29(34(26)24-14-5-6-15-25(24)38-2)39-19-27(35)33-16-8-11-20-9-3-4-13-23(20)33/h3-7,9-10,12-15,17H,8,11,16,18-19H2,1-2H3,(H,30,36). The molecule has 1 N–H and O–H groups in total. The maximum absolute atomic E-state index is 13.3. The Bertz CT molecular complexity index is 1490. The predicted molar refractivity (Wildman–Crippen MR) is 150 cm³/mol. The minimum Gasteiger partial charge on any atom is -0.497 e. The molecule has 0 spiro atoms. The molecule has 0 radical (unpaired) electrons. The number of carbonyl (C=O) groups excluding carboxylic acids is 2. The Morgan fingerprint density at radius 3 is 2.56 bits per heavy atom. The summed E-state index contributed by atoms with van der Waals surface area (Å²) in [5, 5.41) is 12.2. The summed E-state index contributed by atoms with van der Waals surface area (Å²) in [4.78, 5) is 28.0. The number of carbonyl (C=O) groups is 2. The molecule has 2 heterocycles. The van der Waals surface area contributed by atoms with Crippen LogP contribution < -0.4 is 19.7 Å². The van der Waals surface area contributed by atoms with Crippen LogP contribution in [0.1, 0.15) is 28.2 Å². The Labute approximate surface area is 231 Å². The van der Waals surface area contributed by atoms with Gasteiger partial charge >= 0.3 is 0 Å². The van der Waals surface area contributed by atoms with E-state index in [1.54, 1.807) is 38.5 Å². The van der Waals surface area contributed by atoms with Gasteiger partial charge in [0.25, 0.3) is 5.91 Å². The average molecular weight is 544 g/mol. The second-order valence-electron chi connectivity index (χ2n) is 8.89. The van der Waals surface area contributed by atoms with Crippen LogP contribution in [0, 0.1) is 0 Å². The lowest BCUT2D eigenvalue weighted by Gasteiger charge is -2.29. The van der Waals surface area contributed by atoms with Crippen molar-refractivity contribution in [3.63, 3.8) is 0 Å². The number of para-hydroxylation sites is 3. The molecule has 0 saturated carbocycles. The van der Waals surface area contributed by atoms with Gasteiger partial charge in [-0.1, -0.05) is 48.2 Å². The Hall–Kier alpha value is -4.31. The van der Waals surface area contributed by atoms with Crippen molar-refractivity contribution < 1.29 is 19.1 Å². The van der Waals surface area contributed by atoms with Crippen LogP contribution in [0.3, 0.4) is 0 Å². The molecule has 2 amide bonds. The Morgan fingerprint density at radius 2 is 1.74 bits per heavy atom. The fourth-order valence-corrected chi connectivity index (χ4v) is 5.43. The number of benzene rings is 3. The van der Waals surface area contributed by atoms with Crippen molar-refractivity contribution in [1.82, 2.24) is 20.1 Å². The van der Waals surface area contributed by atoms with Crippen LogP contribution in [0.2, 0.25) is 0 Å². The zero-order valence-electron chi connectivity index (χ0n) is 21.8. The van der Waals surface area contributed by atoms with E-state index in [4.69, 9.17) is 9.47 Å². The van der Waals surface area contributed by atoms with Gasteiger partial charge in [0, 0.05) is 17.8 Å². The molecule has 1 aromatic heterocycles. The van der Waals surface area contributed by atoms with Crippen molar-refractivity contribution in [3.8, 4) is 17.2 Å². The highest BCUT2D eigenvalue weighted by Crippen LogP contribution is 2.31. The molecule has 0 atom stereocenters. The highest BCUT2D eigenvalue weighted by molar-refractivity contribution is 7.99. The first kappa shape index (κ1) is 26.3. The van der Waals surface area contributed by atoms with Gasteiger partial charge in [0.15, 0.2) is 11.0 Å². The predicted octanol–water partition coefficient (Wildman–Crippen LogP) is 4.29. The van der Waals surface area contributed by atoms with Gasteiger partial charge in [-0.05, 0) is 54.8 Å². The second-order valence-corrected chi connectivity index (χ2v) is 9.83. The number of amides is 2. The van der Waals surface area contributed by atoms with E-state index in [0.717, 1.165) is 18.5 Å². The summed E-state index contributed by atoms with van der Waals surface area (Å²) >= 11 is 1.31. The molecule has 0 aliphatic carbocycles. The van der Waals surface area contributed by atoms with Crippen LogP contribution >= 0.6 is 11.8 Å². The van der Waals surface area contributed by atoms with Crippen LogP contribution in [0.25, 0.3) is 5.69 Å². The Morgan fingerprint density at radius 1 is 0.949 bits per heavy atom. The van der Waals surface area contributed by atoms with E-state index in [0.29, 0.717) is 40.3 Å². The third kappa shape index (κ3) is 5.75. The van der Waals surface area contributed by atoms with Crippen molar-refractivity contribution in [2.75, 3.05) is 31.4 Å². The third-order valence-electron chi connectivity index (χ3n) is 6.50. The Kier molecular flexibility index (Phi) is 8.12. The first-order chi connectivity index (χ1) is 19.1. The lowest BCUT2D eigenvalue weighted by Crippen LogP contribution is -2.36. The maximum atomic E-state index is 13.3. The van der Waals surface area contributed by atoms with E-state index < -0.39 is 0 Å². The second kappa shape index (κ2) is 12.0. The van der Waals surface area contributed by atoms with Crippen molar-refractivity contribution in [2.45, 2.75) is 24.5 Å². The molecule has 9 nitrogen and oxygen atoms in total. The quantitative estimate of drug-likeness (QED) is 0.315. The number of rotatable bonds is 9. The summed E-state index contributed by atoms with van der Waals surface area (Å²) in [5.41, 5.74) is 3.35. The van der Waals surface area contributed by atoms with Gasteiger partial charge in [0.2, 0.25) is 5.91 Å². The normalized spacial score (nSPS) is 12.5. The van der Waals surface area contributed by atoms with Crippen LogP contribution in [0.4, 0.5) is 5.69 Å². The van der Waals surface area contributed by atoms with Gasteiger partial charge in [0.1, 0.15) is 11.5 Å². The number of aryl methyl sites for hydroxylation is 1. The summed E-state index contributed by atoms with van der Waals surface area (Å²) in [6.07, 6.45) is 1.90. The monoisotopic (exact) mass is 543 g/mol. The summed E-state index contributed by atoms with van der Waals surface area (Å²) in [5.74, 6) is 1.66. The summed E-state index contributed by atoms with van der Waals surface area (Å²) in [6, 6.07) is 22.5. The van der Waals surface area contributed by atoms with E-state index in [2.05, 4.69) is 21.6 Å². The van der Waals surface area contributed by atoms with Gasteiger partial charge in [0.05, 0.1) is 32.2 Å². The molecular weight excluding hydrogens is 514 g/mol. The number of nitrogens with one attached hydrogen (secondary N) is 1. The molecule has 3 aromatic carbocycles. The SMILES string of the molecule is COc1cccc(C(=O)NCc2nnc(SCC(=O)N3CCCc4ccccc43)n2-c2ccccc2OC)c1. The number of hydrogen-bond donors (Lipinski definition) is 1. The number of thioether (sulfide) groups is 1. The molecule has 0 unspecified atom stereocenters. The third-order valence-corrected chi connectivity index (χ3v) is 7.42. The van der Waals surface area contributed by atoms with E-state index in [1.807, 2.05) is 51.9 Å². The average Bonchev–Trinajstić information content (AvgIpc) is 3.40. The number of fused-ring (bicyclic) bond motifs is 1. The minimum atomic E-state index is -0.267. The number of ether oxygens (including phenoxy) is 2. The summed E-state index contributed by atoms with van der Waals surface area (Å²) < 4.78 is 12.7. The van der Waals surface area contributed by atoms with Crippen molar-refractivity contribution in [1.29, 1.82) is 0 Å². The van der Waals surface area contributed by atoms with Crippen molar-refractivity contribution in [3.05, 3.63) is 89.7 Å². The van der Waals surface area contributed by atoms with Gasteiger partial charge < -0.3 is 19.7 Å². The molecule has 4 aromatic rings. The van der Waals surface area contributed by atoms with Crippen molar-refractivity contribution in [2.24, 2.45) is 0 Å². The number of anilines is 1. The van der Waals surface area contributed by atoms with Crippen LogP contribution in [0.15, 0.2) is 78.0 Å². The molecule has 39 heavy (non-hydrogen) atoms. The number of methoxy groups -OCH3 is 2. The first-order valence-electron chi connectivity index (χ1n) is 12.6. The first-order valence-corrected chi connectivity index (χ1v) is 13.6. The summed E-state index contributed by atoms with van der Waals surface area (Å²) in [7, 11) is 3.15. The Balaban J connectivity index is 1.38. The molecule has 1 aliphatic heterocycles. The molecular formula is C29H29N5O4S. The molecule has 1 aliphatic rings. The fraction of sp³-hybridized carbons (Fsp3) is 0.241. The van der Waals surface area contributed by atoms with Crippen molar-refractivity contribution >= 4 is 29.3 Å². The van der Waals surface area contributed by atoms with Crippen LogP contribution in [-0.4, -0.2) is 53.1 Å². The topological polar surface area (TPSA) is 98.6 Å². The molecule has 0 bridgehead atoms. The summed E-state index contributed by atoms with van der Waals surface area (Å²) in [6.45, 7) is 0.812. The smallest absolute Gasteiger partial charge is 0.251 e. The van der Waals surface area contributed by atoms with E-state index in [9.17, 15) is 9.59 Å². The van der Waals surface area contributed by atoms with Gasteiger partial charge in [-0.25, -0.2) is 0 Å². The van der Waals surface area contributed by atoms with E-state index >= 15 is 0 Å². The lowest BCUT2D eigenvalue weighted by atomic mass is 10.0. The van der Waals surface area contributed by atoms with Gasteiger partial charge in [-0.15, -0.1) is 10.2 Å². The van der Waals surface area contributed by atoms with Crippen LogP contribution in [0.5, 0.6) is 11.5 Å². The highest BCUT2D eigenvalue weighted by atomic mass is 32.2. The molecule has 0 fully saturated rings. The number of hydrogen-bond acceptors (Lipinski definition) is 7. The zero-order chi connectivity index (χ0) is 27.2. The van der Waals surface area contributed by atoms with E-state index in [1.165, 1.54) is 17.3 Å². The van der Waals surface area contributed by atoms with Gasteiger partial charge in [-0.2, -0.15) is 0 Å². The highest BCUT2D eigenvalue weighted by Gasteiger charge is 2.24. The molecule has 200 valence electrons. The molecule has 5 rings (SSSR count). The van der Waals surface area contributed by atoms with Crippen LogP contribution in [-0.2, 0) is 17.8 Å². The number of aromatic nitrogens is 3. The van der Waals surface area contributed by atoms with Gasteiger partial charge in [-0.3, -0.25) is 14.2 Å². The largest absolute Gasteiger partial charge is 0.497 e. The minimum absolute atomic E-state index is 0.00889.